The van der Waals surface area contributed by atoms with Gasteiger partial charge < -0.3 is 14.5 Å². The third kappa shape index (κ3) is 4.19. The van der Waals surface area contributed by atoms with Gasteiger partial charge in [-0.05, 0) is 30.3 Å². The first-order valence-electron chi connectivity index (χ1n) is 9.51. The molecule has 1 aromatic heterocycles. The van der Waals surface area contributed by atoms with Crippen LogP contribution in [0, 0.1) is 5.92 Å². The van der Waals surface area contributed by atoms with E-state index in [1.165, 1.54) is 0 Å². The fraction of sp³-hybridized carbons (Fsp3) is 0.381. The van der Waals surface area contributed by atoms with Gasteiger partial charge in [-0.3, -0.25) is 14.6 Å². The summed E-state index contributed by atoms with van der Waals surface area (Å²) in [5, 5.41) is 0. The topological polar surface area (TPSA) is 62.7 Å². The van der Waals surface area contributed by atoms with E-state index in [0.717, 1.165) is 28.8 Å². The molecule has 1 aromatic carbocycles. The first-order valence-corrected chi connectivity index (χ1v) is 10.3. The molecular weight excluding hydrogens is 422 g/mol. The maximum Gasteiger partial charge on any atom is 0.228 e. The highest BCUT2D eigenvalue weighted by molar-refractivity contribution is 9.10. The van der Waals surface area contributed by atoms with Crippen molar-refractivity contribution < 1.29 is 14.3 Å². The molecule has 1 atom stereocenters. The number of piperidine rings is 1. The molecule has 2 saturated heterocycles. The lowest BCUT2D eigenvalue weighted by Crippen LogP contribution is -2.44. The van der Waals surface area contributed by atoms with E-state index in [1.807, 2.05) is 41.3 Å². The number of carbonyl (C=O) groups is 2. The van der Waals surface area contributed by atoms with Crippen LogP contribution in [0.2, 0.25) is 0 Å². The number of hydrogen-bond donors (Lipinski definition) is 0. The minimum absolute atomic E-state index is 0.00681. The van der Waals surface area contributed by atoms with E-state index in [2.05, 4.69) is 20.9 Å². The van der Waals surface area contributed by atoms with E-state index in [1.54, 1.807) is 17.3 Å². The zero-order valence-electron chi connectivity index (χ0n) is 15.5. The lowest BCUT2D eigenvalue weighted by molar-refractivity contribution is -0.137. The number of pyridine rings is 1. The van der Waals surface area contributed by atoms with E-state index < -0.39 is 0 Å². The molecule has 0 spiro atoms. The number of anilines is 1. The quantitative estimate of drug-likeness (QED) is 0.727. The molecule has 2 aliphatic heterocycles. The van der Waals surface area contributed by atoms with Crippen molar-refractivity contribution in [2.45, 2.75) is 25.4 Å². The molecule has 7 heteroatoms. The average molecular weight is 444 g/mol. The Morgan fingerprint density at radius 3 is 2.61 bits per heavy atom. The Hall–Kier alpha value is -2.41. The number of benzene rings is 1. The van der Waals surface area contributed by atoms with E-state index in [-0.39, 0.29) is 30.3 Å². The second kappa shape index (κ2) is 8.31. The number of hydrogen-bond acceptors (Lipinski definition) is 4. The molecule has 146 valence electrons. The molecule has 0 saturated carbocycles. The number of halogens is 1. The molecule has 2 amide bonds. The highest BCUT2D eigenvalue weighted by Gasteiger charge is 2.38. The summed E-state index contributed by atoms with van der Waals surface area (Å²) in [7, 11) is 0. The average Bonchev–Trinajstić information content (AvgIpc) is 3.10. The van der Waals surface area contributed by atoms with E-state index in [4.69, 9.17) is 4.74 Å². The number of nitrogens with zero attached hydrogens (tertiary/aromatic N) is 3. The van der Waals surface area contributed by atoms with Gasteiger partial charge in [-0.25, -0.2) is 0 Å². The van der Waals surface area contributed by atoms with Crippen molar-refractivity contribution in [2.24, 2.45) is 5.92 Å². The zero-order valence-corrected chi connectivity index (χ0v) is 17.0. The van der Waals surface area contributed by atoms with Gasteiger partial charge >= 0.3 is 0 Å². The molecule has 0 N–H and O–H groups in total. The second-order valence-corrected chi connectivity index (χ2v) is 8.13. The van der Waals surface area contributed by atoms with Crippen LogP contribution in [0.3, 0.4) is 0 Å². The Balaban J connectivity index is 1.32. The van der Waals surface area contributed by atoms with Crippen LogP contribution in [-0.2, 0) is 9.59 Å². The summed E-state index contributed by atoms with van der Waals surface area (Å²) in [4.78, 5) is 33.0. The Bertz CT molecular complexity index is 853. The van der Waals surface area contributed by atoms with Crippen LogP contribution in [-0.4, -0.2) is 47.4 Å². The van der Waals surface area contributed by atoms with Gasteiger partial charge in [0, 0.05) is 61.5 Å². The largest absolute Gasteiger partial charge is 0.490 e. The molecule has 0 unspecified atom stereocenters. The zero-order chi connectivity index (χ0) is 19.5. The molecule has 2 aliphatic rings. The number of rotatable bonds is 4. The molecule has 0 radical (unpaired) electrons. The van der Waals surface area contributed by atoms with Crippen LogP contribution >= 0.6 is 15.9 Å². The van der Waals surface area contributed by atoms with Crippen molar-refractivity contribution in [3.63, 3.8) is 0 Å². The standard InChI is InChI=1S/C21H22BrN3O3/c22-16-2-1-3-17(13-16)25-14-15(12-20(25)26)21(27)24-10-6-19(7-11-24)28-18-4-8-23-9-5-18/h1-5,8-9,13,15,19H,6-7,10-12,14H2/t15-/m1/s1. The molecule has 2 fully saturated rings. The van der Waals surface area contributed by atoms with E-state index in [9.17, 15) is 9.59 Å². The molecular formula is C21H22BrN3O3. The van der Waals surface area contributed by atoms with Gasteiger partial charge in [-0.1, -0.05) is 22.0 Å². The second-order valence-electron chi connectivity index (χ2n) is 7.21. The lowest BCUT2D eigenvalue weighted by atomic mass is 10.0. The summed E-state index contributed by atoms with van der Waals surface area (Å²) in [5.41, 5.74) is 0.833. The number of amides is 2. The number of ether oxygens (including phenoxy) is 1. The minimum Gasteiger partial charge on any atom is -0.490 e. The van der Waals surface area contributed by atoms with Crippen molar-refractivity contribution in [3.8, 4) is 5.75 Å². The summed E-state index contributed by atoms with van der Waals surface area (Å²) in [6.45, 7) is 1.77. The van der Waals surface area contributed by atoms with Gasteiger partial charge in [0.25, 0.3) is 0 Å². The van der Waals surface area contributed by atoms with Crippen molar-refractivity contribution >= 4 is 33.4 Å². The maximum atomic E-state index is 12.9. The summed E-state index contributed by atoms with van der Waals surface area (Å²) in [6, 6.07) is 11.3. The highest BCUT2D eigenvalue weighted by Crippen LogP contribution is 2.29. The van der Waals surface area contributed by atoms with Crippen LogP contribution in [0.4, 0.5) is 5.69 Å². The molecule has 28 heavy (non-hydrogen) atoms. The van der Waals surface area contributed by atoms with Crippen molar-refractivity contribution in [1.82, 2.24) is 9.88 Å². The Kier molecular flexibility index (Phi) is 5.62. The fourth-order valence-corrected chi connectivity index (χ4v) is 4.22. The lowest BCUT2D eigenvalue weighted by Gasteiger charge is -2.33. The first kappa shape index (κ1) is 18.9. The molecule has 0 aliphatic carbocycles. The van der Waals surface area contributed by atoms with Gasteiger partial charge in [0.1, 0.15) is 11.9 Å². The number of aromatic nitrogens is 1. The third-order valence-corrected chi connectivity index (χ3v) is 5.79. The summed E-state index contributed by atoms with van der Waals surface area (Å²) < 4.78 is 6.89. The number of likely N-dealkylation sites (tertiary alicyclic amines) is 1. The van der Waals surface area contributed by atoms with Crippen LogP contribution in [0.5, 0.6) is 5.75 Å². The Morgan fingerprint density at radius 2 is 1.89 bits per heavy atom. The Morgan fingerprint density at radius 1 is 1.14 bits per heavy atom. The van der Waals surface area contributed by atoms with Gasteiger partial charge in [-0.2, -0.15) is 0 Å². The normalized spacial score (nSPS) is 20.5. The molecule has 4 rings (SSSR count). The van der Waals surface area contributed by atoms with Gasteiger partial charge in [0.15, 0.2) is 0 Å². The van der Waals surface area contributed by atoms with Gasteiger partial charge in [-0.15, -0.1) is 0 Å². The fourth-order valence-electron chi connectivity index (χ4n) is 3.83. The third-order valence-electron chi connectivity index (χ3n) is 5.30. The van der Waals surface area contributed by atoms with Gasteiger partial charge in [0.05, 0.1) is 5.92 Å². The predicted molar refractivity (Wildman–Crippen MR) is 109 cm³/mol. The smallest absolute Gasteiger partial charge is 0.228 e. The SMILES string of the molecule is O=C([C@@H]1CC(=O)N(c2cccc(Br)c2)C1)N1CCC(Oc2ccncc2)CC1. The van der Waals surface area contributed by atoms with Crippen LogP contribution < -0.4 is 9.64 Å². The monoisotopic (exact) mass is 443 g/mol. The van der Waals surface area contributed by atoms with Crippen molar-refractivity contribution in [3.05, 3.63) is 53.3 Å². The van der Waals surface area contributed by atoms with Gasteiger partial charge in [0.2, 0.25) is 11.8 Å². The predicted octanol–water partition coefficient (Wildman–Crippen LogP) is 3.27. The summed E-state index contributed by atoms with van der Waals surface area (Å²) in [6.07, 6.45) is 5.40. The number of carbonyl (C=O) groups excluding carboxylic acids is 2. The summed E-state index contributed by atoms with van der Waals surface area (Å²) >= 11 is 3.44. The van der Waals surface area contributed by atoms with E-state index in [0.29, 0.717) is 19.6 Å². The maximum absolute atomic E-state index is 12.9. The molecule has 0 bridgehead atoms. The highest BCUT2D eigenvalue weighted by atomic mass is 79.9. The van der Waals surface area contributed by atoms with Crippen LogP contribution in [0.15, 0.2) is 53.3 Å². The Labute approximate surface area is 172 Å². The van der Waals surface area contributed by atoms with Crippen LogP contribution in [0.1, 0.15) is 19.3 Å². The van der Waals surface area contributed by atoms with Crippen LogP contribution in [0.25, 0.3) is 0 Å². The first-order chi connectivity index (χ1) is 13.6. The minimum atomic E-state index is -0.274. The van der Waals surface area contributed by atoms with Crippen molar-refractivity contribution in [2.75, 3.05) is 24.5 Å². The molecule has 3 heterocycles. The summed E-state index contributed by atoms with van der Waals surface area (Å²) in [5.74, 6) is 0.621. The van der Waals surface area contributed by atoms with E-state index >= 15 is 0 Å². The van der Waals surface area contributed by atoms with Crippen molar-refractivity contribution in [1.29, 1.82) is 0 Å². The molecule has 2 aromatic rings. The molecule has 6 nitrogen and oxygen atoms in total.